The summed E-state index contributed by atoms with van der Waals surface area (Å²) < 4.78 is 0. The van der Waals surface area contributed by atoms with Crippen LogP contribution in [0.4, 0.5) is 11.4 Å². The van der Waals surface area contributed by atoms with Gasteiger partial charge in [0.05, 0.1) is 27.3 Å². The number of ketones is 1. The zero-order chi connectivity index (χ0) is 19.0. The number of carbonyl (C=O) groups is 1. The van der Waals surface area contributed by atoms with Crippen molar-refractivity contribution in [2.75, 3.05) is 0 Å². The highest BCUT2D eigenvalue weighted by Gasteiger charge is 2.37. The van der Waals surface area contributed by atoms with Crippen LogP contribution in [0.2, 0.25) is 5.02 Å². The lowest BCUT2D eigenvalue weighted by molar-refractivity contribution is -0.384. The number of fused-ring (bicyclic) bond motifs is 1. The Morgan fingerprint density at radius 2 is 1.52 bits per heavy atom. The lowest BCUT2D eigenvalue weighted by Crippen LogP contribution is -2.13. The van der Waals surface area contributed by atoms with Crippen molar-refractivity contribution in [3.05, 3.63) is 105 Å². The van der Waals surface area contributed by atoms with Crippen LogP contribution in [0.5, 0.6) is 0 Å². The van der Waals surface area contributed by atoms with Crippen molar-refractivity contribution in [2.45, 2.75) is 5.92 Å². The molecule has 6 heteroatoms. The molecule has 1 unspecified atom stereocenters. The quantitative estimate of drug-likeness (QED) is 0.457. The van der Waals surface area contributed by atoms with Crippen LogP contribution in [0.1, 0.15) is 27.4 Å². The van der Waals surface area contributed by atoms with E-state index in [1.807, 2.05) is 30.3 Å². The first-order chi connectivity index (χ1) is 13.1. The molecular formula is C21H13ClN2O3. The zero-order valence-electron chi connectivity index (χ0n) is 14.0. The maximum atomic E-state index is 13.1. The molecule has 1 atom stereocenters. The summed E-state index contributed by atoms with van der Waals surface area (Å²) in [5.74, 6) is -0.704. The number of benzene rings is 3. The van der Waals surface area contributed by atoms with Crippen molar-refractivity contribution in [2.24, 2.45) is 4.99 Å². The molecule has 3 aromatic carbocycles. The second-order valence-corrected chi connectivity index (χ2v) is 6.55. The van der Waals surface area contributed by atoms with Crippen molar-refractivity contribution in [3.63, 3.8) is 0 Å². The van der Waals surface area contributed by atoms with Gasteiger partial charge < -0.3 is 0 Å². The third-order valence-electron chi connectivity index (χ3n) is 4.53. The van der Waals surface area contributed by atoms with Crippen LogP contribution in [0.3, 0.4) is 0 Å². The van der Waals surface area contributed by atoms with Crippen molar-refractivity contribution in [1.29, 1.82) is 0 Å². The highest BCUT2D eigenvalue weighted by Crippen LogP contribution is 2.37. The first kappa shape index (κ1) is 17.1. The maximum Gasteiger partial charge on any atom is 0.269 e. The summed E-state index contributed by atoms with van der Waals surface area (Å²) >= 11 is 6.25. The van der Waals surface area contributed by atoms with Gasteiger partial charge in [-0.05, 0) is 17.7 Å². The Bertz CT molecular complexity index is 1090. The molecule has 0 saturated carbocycles. The minimum absolute atomic E-state index is 0.0219. The number of nitro benzene ring substituents is 1. The van der Waals surface area contributed by atoms with E-state index in [1.54, 1.807) is 30.3 Å². The fraction of sp³-hybridized carbons (Fsp3) is 0.0476. The molecule has 4 rings (SSSR count). The Morgan fingerprint density at radius 3 is 2.19 bits per heavy atom. The zero-order valence-corrected chi connectivity index (χ0v) is 14.8. The number of carbonyl (C=O) groups excluding carboxylic acids is 1. The smallest absolute Gasteiger partial charge is 0.269 e. The van der Waals surface area contributed by atoms with E-state index in [0.29, 0.717) is 27.5 Å². The van der Waals surface area contributed by atoms with E-state index >= 15 is 0 Å². The van der Waals surface area contributed by atoms with Gasteiger partial charge in [-0.1, -0.05) is 60.1 Å². The van der Waals surface area contributed by atoms with Crippen molar-refractivity contribution in [1.82, 2.24) is 0 Å². The summed E-state index contributed by atoms with van der Waals surface area (Å²) in [6.07, 6.45) is 0. The van der Waals surface area contributed by atoms with Gasteiger partial charge in [0, 0.05) is 23.3 Å². The minimum Gasteiger partial charge on any atom is -0.293 e. The summed E-state index contributed by atoms with van der Waals surface area (Å²) in [5.41, 5.74) is 3.15. The third-order valence-corrected chi connectivity index (χ3v) is 4.85. The average Bonchev–Trinajstić information content (AvgIpc) is 2.96. The molecule has 0 aromatic heterocycles. The molecular weight excluding hydrogens is 364 g/mol. The van der Waals surface area contributed by atoms with Crippen LogP contribution in [-0.2, 0) is 0 Å². The Hall–Kier alpha value is -3.31. The lowest BCUT2D eigenvalue weighted by atomic mass is 9.93. The Labute approximate surface area is 160 Å². The molecule has 0 spiro atoms. The van der Waals surface area contributed by atoms with E-state index in [0.717, 1.165) is 5.56 Å². The molecule has 3 aromatic rings. The van der Waals surface area contributed by atoms with Gasteiger partial charge in [-0.2, -0.15) is 0 Å². The number of nitro groups is 1. The van der Waals surface area contributed by atoms with Gasteiger partial charge in [-0.15, -0.1) is 0 Å². The van der Waals surface area contributed by atoms with Crippen molar-refractivity contribution < 1.29 is 9.72 Å². The number of nitrogens with zero attached hydrogens (tertiary/aromatic N) is 2. The molecule has 1 aliphatic carbocycles. The number of rotatable bonds is 3. The summed E-state index contributed by atoms with van der Waals surface area (Å²) in [6.45, 7) is 0. The summed E-state index contributed by atoms with van der Waals surface area (Å²) in [7, 11) is 0. The van der Waals surface area contributed by atoms with Gasteiger partial charge in [-0.25, -0.2) is 0 Å². The summed E-state index contributed by atoms with van der Waals surface area (Å²) in [5, 5.41) is 11.4. The molecule has 0 heterocycles. The number of Topliss-reactive ketones (excluding diaryl/α,β-unsaturated/α-hetero) is 1. The molecule has 5 nitrogen and oxygen atoms in total. The highest BCUT2D eigenvalue weighted by atomic mass is 35.5. The average molecular weight is 377 g/mol. The number of halogens is 1. The second kappa shape index (κ2) is 6.78. The highest BCUT2D eigenvalue weighted by molar-refractivity contribution is 6.34. The monoisotopic (exact) mass is 376 g/mol. The van der Waals surface area contributed by atoms with Gasteiger partial charge in [0.15, 0.2) is 5.78 Å². The molecule has 0 radical (unpaired) electrons. The molecule has 0 bridgehead atoms. The third kappa shape index (κ3) is 3.02. The molecule has 0 amide bonds. The largest absolute Gasteiger partial charge is 0.293 e. The SMILES string of the molecule is O=C1c2ccccc2C(=Nc2ccccc2Cl)C1c1ccc([N+](=O)[O-])cc1. The lowest BCUT2D eigenvalue weighted by Gasteiger charge is -2.11. The molecule has 132 valence electrons. The molecule has 0 fully saturated rings. The van der Waals surface area contributed by atoms with E-state index in [2.05, 4.69) is 0 Å². The normalized spacial score (nSPS) is 17.1. The van der Waals surface area contributed by atoms with Crippen LogP contribution < -0.4 is 0 Å². The Kier molecular flexibility index (Phi) is 4.30. The molecule has 0 saturated heterocycles. The van der Waals surface area contributed by atoms with E-state index < -0.39 is 10.8 Å². The van der Waals surface area contributed by atoms with Crippen LogP contribution >= 0.6 is 11.6 Å². The number of hydrogen-bond donors (Lipinski definition) is 0. The molecule has 0 N–H and O–H groups in total. The topological polar surface area (TPSA) is 72.6 Å². The summed E-state index contributed by atoms with van der Waals surface area (Å²) in [6, 6.07) is 20.5. The van der Waals surface area contributed by atoms with Crippen LogP contribution in [-0.4, -0.2) is 16.4 Å². The van der Waals surface area contributed by atoms with Gasteiger partial charge in [0.1, 0.15) is 0 Å². The van der Waals surface area contributed by atoms with Gasteiger partial charge in [0.2, 0.25) is 0 Å². The number of aliphatic imine (C=N–C) groups is 1. The fourth-order valence-corrected chi connectivity index (χ4v) is 3.43. The van der Waals surface area contributed by atoms with Gasteiger partial charge in [-0.3, -0.25) is 19.9 Å². The summed E-state index contributed by atoms with van der Waals surface area (Å²) in [4.78, 5) is 28.2. The molecule has 27 heavy (non-hydrogen) atoms. The van der Waals surface area contributed by atoms with Crippen molar-refractivity contribution >= 4 is 34.5 Å². The maximum absolute atomic E-state index is 13.1. The standard InChI is InChI=1S/C21H13ClN2O3/c22-17-7-3-4-8-18(17)23-20-15-5-1-2-6-16(15)21(25)19(20)13-9-11-14(12-10-13)24(26)27/h1-12,19H. The van der Waals surface area contributed by atoms with E-state index in [9.17, 15) is 14.9 Å². The van der Waals surface area contributed by atoms with E-state index in [4.69, 9.17) is 16.6 Å². The molecule has 1 aliphatic rings. The first-order valence-electron chi connectivity index (χ1n) is 8.27. The van der Waals surface area contributed by atoms with Crippen LogP contribution in [0, 0.1) is 10.1 Å². The first-order valence-corrected chi connectivity index (χ1v) is 8.65. The van der Waals surface area contributed by atoms with Gasteiger partial charge in [0.25, 0.3) is 5.69 Å². The predicted octanol–water partition coefficient (Wildman–Crippen LogP) is 5.35. The predicted molar refractivity (Wildman–Crippen MR) is 104 cm³/mol. The second-order valence-electron chi connectivity index (χ2n) is 6.14. The van der Waals surface area contributed by atoms with Crippen molar-refractivity contribution in [3.8, 4) is 0 Å². The van der Waals surface area contributed by atoms with Crippen LogP contribution in [0.25, 0.3) is 0 Å². The number of non-ortho nitro benzene ring substituents is 1. The van der Waals surface area contributed by atoms with E-state index in [-0.39, 0.29) is 11.5 Å². The number of para-hydroxylation sites is 1. The Morgan fingerprint density at radius 1 is 0.889 bits per heavy atom. The Balaban J connectivity index is 1.88. The van der Waals surface area contributed by atoms with E-state index in [1.165, 1.54) is 12.1 Å². The van der Waals surface area contributed by atoms with Crippen LogP contribution in [0.15, 0.2) is 77.8 Å². The number of hydrogen-bond acceptors (Lipinski definition) is 4. The molecule has 0 aliphatic heterocycles. The fourth-order valence-electron chi connectivity index (χ4n) is 3.25. The van der Waals surface area contributed by atoms with Gasteiger partial charge >= 0.3 is 0 Å². The minimum atomic E-state index is -0.625.